The Kier molecular flexibility index (Phi) is 5.87. The van der Waals surface area contributed by atoms with Crippen molar-refractivity contribution in [2.75, 3.05) is 11.1 Å². The van der Waals surface area contributed by atoms with E-state index >= 15 is 0 Å². The highest BCUT2D eigenvalue weighted by molar-refractivity contribution is 8.00. The van der Waals surface area contributed by atoms with Crippen LogP contribution >= 0.6 is 11.8 Å². The van der Waals surface area contributed by atoms with Gasteiger partial charge in [-0.2, -0.15) is 13.2 Å². The number of halogens is 3. The number of nitrogens with two attached hydrogens (primary N) is 1. The normalized spacial score (nSPS) is 11.3. The Morgan fingerprint density at radius 2 is 1.79 bits per heavy atom. The van der Waals surface area contributed by atoms with Gasteiger partial charge in [0.1, 0.15) is 0 Å². The molecule has 0 atom stereocenters. The highest BCUT2D eigenvalue weighted by atomic mass is 32.2. The molecule has 0 bridgehead atoms. The molecule has 0 aliphatic rings. The lowest BCUT2D eigenvalue weighted by atomic mass is 10.1. The van der Waals surface area contributed by atoms with Crippen molar-refractivity contribution in [2.24, 2.45) is 5.73 Å². The number of carbonyl (C=O) groups is 2. The van der Waals surface area contributed by atoms with Crippen LogP contribution in [0.2, 0.25) is 0 Å². The molecule has 11 heteroatoms. The summed E-state index contributed by atoms with van der Waals surface area (Å²) >= 11 is 1.14. The molecule has 3 N–H and O–H groups in total. The monoisotopic (exact) mass is 421 g/mol. The van der Waals surface area contributed by atoms with E-state index in [1.807, 2.05) is 0 Å². The molecule has 1 aromatic heterocycles. The first-order valence-electron chi connectivity index (χ1n) is 8.16. The first-order valence-corrected chi connectivity index (χ1v) is 9.14. The fourth-order valence-electron chi connectivity index (χ4n) is 2.43. The molecule has 0 radical (unpaired) electrons. The fraction of sp³-hybridized carbons (Fsp3) is 0.111. The van der Waals surface area contributed by atoms with E-state index < -0.39 is 23.6 Å². The van der Waals surface area contributed by atoms with Gasteiger partial charge in [-0.3, -0.25) is 9.59 Å². The maximum Gasteiger partial charge on any atom is 0.418 e. The third-order valence-corrected chi connectivity index (χ3v) is 4.78. The van der Waals surface area contributed by atoms with Gasteiger partial charge in [0.05, 0.1) is 28.9 Å². The fourth-order valence-corrected chi connectivity index (χ4v) is 3.18. The van der Waals surface area contributed by atoms with Crippen LogP contribution in [0.5, 0.6) is 0 Å². The molecule has 0 spiro atoms. The minimum Gasteiger partial charge on any atom is -0.369 e. The third kappa shape index (κ3) is 4.93. The lowest BCUT2D eigenvalue weighted by molar-refractivity contribution is -0.137. The summed E-state index contributed by atoms with van der Waals surface area (Å²) in [6.45, 7) is 0. The van der Waals surface area contributed by atoms with Crippen molar-refractivity contribution in [1.82, 2.24) is 15.0 Å². The molecule has 0 saturated carbocycles. The molecule has 0 aliphatic heterocycles. The second-order valence-corrected chi connectivity index (χ2v) is 6.79. The number of hydrogen-bond acceptors (Lipinski definition) is 5. The number of benzene rings is 2. The van der Waals surface area contributed by atoms with Gasteiger partial charge in [-0.05, 0) is 24.3 Å². The number of amides is 2. The van der Waals surface area contributed by atoms with Crippen molar-refractivity contribution >= 4 is 29.3 Å². The molecule has 1 heterocycles. The zero-order chi connectivity index (χ0) is 21.0. The van der Waals surface area contributed by atoms with E-state index in [9.17, 15) is 22.8 Å². The summed E-state index contributed by atoms with van der Waals surface area (Å²) in [5.41, 5.74) is 4.23. The third-order valence-electron chi connectivity index (χ3n) is 3.69. The summed E-state index contributed by atoms with van der Waals surface area (Å²) in [4.78, 5) is 24.1. The van der Waals surface area contributed by atoms with Crippen molar-refractivity contribution in [2.45, 2.75) is 11.1 Å². The average Bonchev–Trinajstić information content (AvgIpc) is 3.17. The van der Waals surface area contributed by atoms with Gasteiger partial charge in [-0.25, -0.2) is 4.68 Å². The molecule has 0 saturated heterocycles. The van der Waals surface area contributed by atoms with E-state index in [0.29, 0.717) is 10.6 Å². The predicted molar refractivity (Wildman–Crippen MR) is 101 cm³/mol. The molecule has 2 aromatic carbocycles. The number of carbonyl (C=O) groups excluding carboxylic acids is 2. The number of primary amides is 1. The Labute approximate surface area is 167 Å². The number of hydrogen-bond donors (Lipinski definition) is 2. The molecule has 2 amide bonds. The lowest BCUT2D eigenvalue weighted by Crippen LogP contribution is -2.15. The Balaban J connectivity index is 1.82. The van der Waals surface area contributed by atoms with Crippen LogP contribution in [0, 0.1) is 0 Å². The van der Waals surface area contributed by atoms with Gasteiger partial charge in [-0.15, -0.1) is 16.9 Å². The number of nitrogens with one attached hydrogen (secondary N) is 1. The van der Waals surface area contributed by atoms with Gasteiger partial charge in [-0.1, -0.05) is 29.5 Å². The molecule has 0 unspecified atom stereocenters. The van der Waals surface area contributed by atoms with Gasteiger partial charge in [0.25, 0.3) is 5.91 Å². The Morgan fingerprint density at radius 1 is 1.10 bits per heavy atom. The number of alkyl halides is 3. The lowest BCUT2D eigenvalue weighted by Gasteiger charge is -2.11. The van der Waals surface area contributed by atoms with Crippen LogP contribution in [0.25, 0.3) is 5.69 Å². The number of thioether (sulfide) groups is 1. The quantitative estimate of drug-likeness (QED) is 0.596. The molecular formula is C18H14F3N5O2S. The van der Waals surface area contributed by atoms with Crippen molar-refractivity contribution in [3.63, 3.8) is 0 Å². The van der Waals surface area contributed by atoms with Crippen LogP contribution < -0.4 is 11.1 Å². The number of rotatable bonds is 6. The van der Waals surface area contributed by atoms with E-state index in [2.05, 4.69) is 15.6 Å². The summed E-state index contributed by atoms with van der Waals surface area (Å²) in [6.07, 6.45) is -3.47. The zero-order valence-corrected chi connectivity index (χ0v) is 15.5. The van der Waals surface area contributed by atoms with Crippen molar-refractivity contribution in [1.29, 1.82) is 0 Å². The summed E-state index contributed by atoms with van der Waals surface area (Å²) in [5.74, 6) is -1.15. The van der Waals surface area contributed by atoms with Crippen LogP contribution in [-0.2, 0) is 11.0 Å². The topological polar surface area (TPSA) is 103 Å². The first-order chi connectivity index (χ1) is 13.8. The van der Waals surface area contributed by atoms with Crippen LogP contribution in [-0.4, -0.2) is 32.6 Å². The molecule has 3 rings (SSSR count). The molecular weight excluding hydrogens is 407 g/mol. The smallest absolute Gasteiger partial charge is 0.369 e. The van der Waals surface area contributed by atoms with Crippen LogP contribution in [0.4, 0.5) is 18.9 Å². The van der Waals surface area contributed by atoms with Crippen molar-refractivity contribution in [3.05, 3.63) is 66.0 Å². The Morgan fingerprint density at radius 3 is 2.52 bits per heavy atom. The predicted octanol–water partition coefficient (Wildman–Crippen LogP) is 3.12. The number of anilines is 1. The summed E-state index contributed by atoms with van der Waals surface area (Å²) in [6, 6.07) is 11.6. The summed E-state index contributed by atoms with van der Waals surface area (Å²) in [7, 11) is 0. The maximum atomic E-state index is 13.2. The molecule has 29 heavy (non-hydrogen) atoms. The second-order valence-electron chi connectivity index (χ2n) is 5.77. The average molecular weight is 421 g/mol. The van der Waals surface area contributed by atoms with Gasteiger partial charge in [0, 0.05) is 4.90 Å². The van der Waals surface area contributed by atoms with E-state index in [-0.39, 0.29) is 17.1 Å². The minimum atomic E-state index is -4.58. The van der Waals surface area contributed by atoms with Gasteiger partial charge >= 0.3 is 6.18 Å². The summed E-state index contributed by atoms with van der Waals surface area (Å²) in [5, 5.41) is 9.92. The van der Waals surface area contributed by atoms with E-state index in [1.54, 1.807) is 24.3 Å². The van der Waals surface area contributed by atoms with Crippen LogP contribution in [0.3, 0.4) is 0 Å². The van der Waals surface area contributed by atoms with Crippen LogP contribution in [0.1, 0.15) is 16.1 Å². The number of para-hydroxylation sites is 2. The first kappa shape index (κ1) is 20.4. The van der Waals surface area contributed by atoms with Crippen LogP contribution in [0.15, 0.2) is 59.6 Å². The SMILES string of the molecule is NC(=O)CSc1ccccc1NC(=O)c1cn(-c2ccccc2C(F)(F)F)nn1. The van der Waals surface area contributed by atoms with E-state index in [1.165, 1.54) is 18.2 Å². The number of nitrogens with zero attached hydrogens (tertiary/aromatic N) is 3. The molecule has 7 nitrogen and oxygen atoms in total. The minimum absolute atomic E-state index is 0.0251. The zero-order valence-electron chi connectivity index (χ0n) is 14.7. The van der Waals surface area contributed by atoms with Gasteiger partial charge < -0.3 is 11.1 Å². The van der Waals surface area contributed by atoms with Crippen molar-refractivity contribution < 1.29 is 22.8 Å². The second kappa shape index (κ2) is 8.35. The van der Waals surface area contributed by atoms with E-state index in [4.69, 9.17) is 5.73 Å². The van der Waals surface area contributed by atoms with Gasteiger partial charge in [0.2, 0.25) is 5.91 Å². The van der Waals surface area contributed by atoms with Crippen molar-refractivity contribution in [3.8, 4) is 5.69 Å². The molecule has 3 aromatic rings. The molecule has 0 fully saturated rings. The molecule has 0 aliphatic carbocycles. The molecule has 150 valence electrons. The highest BCUT2D eigenvalue weighted by Crippen LogP contribution is 2.33. The van der Waals surface area contributed by atoms with E-state index in [0.717, 1.165) is 28.7 Å². The maximum absolute atomic E-state index is 13.2. The highest BCUT2D eigenvalue weighted by Gasteiger charge is 2.34. The van der Waals surface area contributed by atoms with Gasteiger partial charge in [0.15, 0.2) is 5.69 Å². The Bertz CT molecular complexity index is 1050. The number of aromatic nitrogens is 3. The Hall–Kier alpha value is -3.34. The standard InChI is InChI=1S/C18H14F3N5O2S/c19-18(20,21)11-5-1-3-7-14(11)26-9-13(24-25-26)17(28)23-12-6-2-4-8-15(12)29-10-16(22)27/h1-9H,10H2,(H2,22,27)(H,23,28). The summed E-state index contributed by atoms with van der Waals surface area (Å²) < 4.78 is 40.4. The largest absolute Gasteiger partial charge is 0.418 e.